The molecule has 0 spiro atoms. The second kappa shape index (κ2) is 14.8. The molecule has 12 rings (SSSR count). The number of amidine groups is 2. The van der Waals surface area contributed by atoms with Gasteiger partial charge in [0.1, 0.15) is 34.3 Å². The van der Waals surface area contributed by atoms with Crippen molar-refractivity contribution in [2.24, 2.45) is 9.98 Å². The van der Waals surface area contributed by atoms with Crippen LogP contribution in [0.2, 0.25) is 0 Å². The maximum absolute atomic E-state index is 6.60. The molecule has 0 bridgehead atoms. The second-order valence-corrected chi connectivity index (χ2v) is 15.7. The van der Waals surface area contributed by atoms with Gasteiger partial charge in [-0.1, -0.05) is 158 Å². The van der Waals surface area contributed by atoms with Gasteiger partial charge in [-0.05, 0) is 99.1 Å². The van der Waals surface area contributed by atoms with Gasteiger partial charge >= 0.3 is 0 Å². The van der Waals surface area contributed by atoms with E-state index >= 15 is 0 Å². The van der Waals surface area contributed by atoms with Gasteiger partial charge in [0, 0.05) is 38.2 Å². The first-order valence-corrected chi connectivity index (χ1v) is 20.9. The van der Waals surface area contributed by atoms with E-state index in [1.807, 2.05) is 48.5 Å². The van der Waals surface area contributed by atoms with Gasteiger partial charge in [-0.3, -0.25) is 0 Å². The average molecular weight is 796 g/mol. The highest BCUT2D eigenvalue weighted by molar-refractivity contribution is 6.22. The Kier molecular flexibility index (Phi) is 8.49. The number of hydrogen-bond acceptors (Lipinski definition) is 5. The van der Waals surface area contributed by atoms with Gasteiger partial charge in [-0.2, -0.15) is 0 Å². The van der Waals surface area contributed by atoms with Crippen molar-refractivity contribution in [3.63, 3.8) is 0 Å². The summed E-state index contributed by atoms with van der Waals surface area (Å²) < 4.78 is 13.1. The molecule has 3 heterocycles. The smallest absolute Gasteiger partial charge is 0.160 e. The molecule has 62 heavy (non-hydrogen) atoms. The summed E-state index contributed by atoms with van der Waals surface area (Å²) in [6.45, 7) is 0. The Bertz CT molecular complexity index is 3470. The van der Waals surface area contributed by atoms with E-state index in [9.17, 15) is 0 Å². The molecule has 1 aliphatic rings. The van der Waals surface area contributed by atoms with Crippen LogP contribution in [0.15, 0.2) is 231 Å². The molecule has 2 aromatic heterocycles. The van der Waals surface area contributed by atoms with Crippen LogP contribution in [0.5, 0.6) is 0 Å². The lowest BCUT2D eigenvalue weighted by Crippen LogP contribution is -2.33. The number of furan rings is 2. The molecule has 11 aromatic rings. The fourth-order valence-corrected chi connectivity index (χ4v) is 8.95. The van der Waals surface area contributed by atoms with E-state index in [4.69, 9.17) is 18.8 Å². The van der Waals surface area contributed by atoms with Crippen molar-refractivity contribution >= 4 is 55.5 Å². The van der Waals surface area contributed by atoms with Crippen molar-refractivity contribution in [2.45, 2.75) is 6.17 Å². The first kappa shape index (κ1) is 35.6. The monoisotopic (exact) mass is 795 g/mol. The molecule has 5 heteroatoms. The van der Waals surface area contributed by atoms with Crippen molar-refractivity contribution in [1.29, 1.82) is 0 Å². The minimum Gasteiger partial charge on any atom is -0.456 e. The topological polar surface area (TPSA) is 63.0 Å². The third kappa shape index (κ3) is 6.27. The Morgan fingerprint density at radius 2 is 0.823 bits per heavy atom. The van der Waals surface area contributed by atoms with E-state index < -0.39 is 6.17 Å². The highest BCUT2D eigenvalue weighted by Crippen LogP contribution is 2.41. The molecule has 1 aliphatic heterocycles. The third-order valence-electron chi connectivity index (χ3n) is 11.9. The Morgan fingerprint density at radius 1 is 0.355 bits per heavy atom. The summed E-state index contributed by atoms with van der Waals surface area (Å²) in [4.78, 5) is 10.7. The van der Waals surface area contributed by atoms with Gasteiger partial charge in [-0.25, -0.2) is 9.98 Å². The number of rotatable bonds is 7. The molecule has 0 fully saturated rings. The van der Waals surface area contributed by atoms with Crippen LogP contribution in [0.3, 0.4) is 0 Å². The molecule has 1 atom stereocenters. The Balaban J connectivity index is 1.03. The van der Waals surface area contributed by atoms with Crippen LogP contribution in [0.1, 0.15) is 22.9 Å². The summed E-state index contributed by atoms with van der Waals surface area (Å²) in [5.41, 5.74) is 15.3. The molecule has 1 N–H and O–H groups in total. The number of aliphatic imine (C=N–C) groups is 2. The van der Waals surface area contributed by atoms with Crippen molar-refractivity contribution < 1.29 is 8.83 Å². The van der Waals surface area contributed by atoms with Crippen molar-refractivity contribution in [2.75, 3.05) is 0 Å². The first-order valence-electron chi connectivity index (χ1n) is 20.9. The van der Waals surface area contributed by atoms with Crippen LogP contribution in [0, 0.1) is 0 Å². The number of nitrogens with zero attached hydrogens (tertiary/aromatic N) is 2. The lowest BCUT2D eigenvalue weighted by atomic mass is 9.92. The highest BCUT2D eigenvalue weighted by atomic mass is 16.3. The number of benzene rings is 9. The maximum atomic E-state index is 6.60. The maximum Gasteiger partial charge on any atom is 0.160 e. The fraction of sp³-hybridized carbons (Fsp3) is 0.0175. The average Bonchev–Trinajstić information content (AvgIpc) is 3.93. The molecule has 0 radical (unpaired) electrons. The second-order valence-electron chi connectivity index (χ2n) is 15.7. The normalized spacial score (nSPS) is 14.0. The zero-order valence-corrected chi connectivity index (χ0v) is 33.5. The van der Waals surface area contributed by atoms with E-state index in [0.29, 0.717) is 5.84 Å². The van der Waals surface area contributed by atoms with Crippen molar-refractivity contribution in [3.8, 4) is 44.5 Å². The molecule has 5 nitrogen and oxygen atoms in total. The number of hydrogen-bond donors (Lipinski definition) is 1. The summed E-state index contributed by atoms with van der Waals surface area (Å²) in [7, 11) is 0. The Hall–Kier alpha value is -8.28. The summed E-state index contributed by atoms with van der Waals surface area (Å²) in [6, 6.07) is 74.1. The van der Waals surface area contributed by atoms with E-state index in [2.05, 4.69) is 169 Å². The fourth-order valence-electron chi connectivity index (χ4n) is 8.95. The SMILES string of the molecule is c1ccc(C2=NC(c3cccc4oc5ccc(-c6cc(-c7ccccc7)cc(-c7ccccc7)c6)cc5c34)=NC(c3cccc4oc5ccc(-c6ccccc6)cc5c34)N2)cc1. The van der Waals surface area contributed by atoms with E-state index in [1.165, 1.54) is 11.1 Å². The van der Waals surface area contributed by atoms with Gasteiger partial charge in [0.15, 0.2) is 5.84 Å². The van der Waals surface area contributed by atoms with Crippen molar-refractivity contribution in [3.05, 3.63) is 229 Å². The summed E-state index contributed by atoms with van der Waals surface area (Å²) in [5, 5.41) is 7.77. The largest absolute Gasteiger partial charge is 0.456 e. The van der Waals surface area contributed by atoms with Gasteiger partial charge < -0.3 is 14.2 Å². The predicted molar refractivity (Wildman–Crippen MR) is 255 cm³/mol. The molecule has 0 saturated carbocycles. The molecule has 0 saturated heterocycles. The summed E-state index contributed by atoms with van der Waals surface area (Å²) in [5.74, 6) is 1.37. The lowest BCUT2D eigenvalue weighted by Gasteiger charge is -2.24. The van der Waals surface area contributed by atoms with Gasteiger partial charge in [-0.15, -0.1) is 0 Å². The summed E-state index contributed by atoms with van der Waals surface area (Å²) >= 11 is 0. The molecule has 9 aromatic carbocycles. The van der Waals surface area contributed by atoms with Crippen LogP contribution < -0.4 is 5.32 Å². The first-order chi connectivity index (χ1) is 30.7. The third-order valence-corrected chi connectivity index (χ3v) is 11.9. The lowest BCUT2D eigenvalue weighted by molar-refractivity contribution is 0.662. The Labute approximate surface area is 358 Å². The molecular weight excluding hydrogens is 759 g/mol. The van der Waals surface area contributed by atoms with Crippen LogP contribution in [0.25, 0.3) is 88.4 Å². The van der Waals surface area contributed by atoms with Crippen molar-refractivity contribution in [1.82, 2.24) is 5.32 Å². The zero-order valence-electron chi connectivity index (χ0n) is 33.5. The van der Waals surface area contributed by atoms with Crippen LogP contribution >= 0.6 is 0 Å². The molecular formula is C57H37N3O2. The van der Waals surface area contributed by atoms with Crippen LogP contribution in [0.4, 0.5) is 0 Å². The number of nitrogens with one attached hydrogen (secondary N) is 1. The highest BCUT2D eigenvalue weighted by Gasteiger charge is 2.26. The Morgan fingerprint density at radius 3 is 1.40 bits per heavy atom. The minimum atomic E-state index is -0.469. The van der Waals surface area contributed by atoms with Gasteiger partial charge in [0.2, 0.25) is 0 Å². The van der Waals surface area contributed by atoms with E-state index in [1.54, 1.807) is 0 Å². The summed E-state index contributed by atoms with van der Waals surface area (Å²) in [6.07, 6.45) is -0.469. The number of fused-ring (bicyclic) bond motifs is 6. The van der Waals surface area contributed by atoms with Gasteiger partial charge in [0.25, 0.3) is 0 Å². The van der Waals surface area contributed by atoms with Crippen LogP contribution in [-0.2, 0) is 0 Å². The molecule has 292 valence electrons. The quantitative estimate of drug-likeness (QED) is 0.175. The minimum absolute atomic E-state index is 0.469. The molecule has 0 aliphatic carbocycles. The van der Waals surface area contributed by atoms with Gasteiger partial charge in [0.05, 0.1) is 0 Å². The molecule has 1 unspecified atom stereocenters. The predicted octanol–water partition coefficient (Wildman–Crippen LogP) is 14.6. The standard InChI is InChI=1S/C57H37N3O2/c1-5-15-36(16-6-1)40-27-29-49-47(34-40)53-45(23-13-25-51(53)61-49)56-58-55(39-21-11-4-12-22-39)59-57(60-56)46-24-14-26-52-54(46)48-35-41(28-30-50(48)62-52)44-32-42(37-17-7-2-8-18-37)31-43(33-44)38-19-9-3-10-20-38/h1-35,56H,(H,58,59,60). The van der Waals surface area contributed by atoms with Crippen LogP contribution in [-0.4, -0.2) is 11.7 Å². The zero-order chi connectivity index (χ0) is 41.0. The van der Waals surface area contributed by atoms with E-state index in [0.717, 1.165) is 99.8 Å². The molecule has 0 amide bonds. The van der Waals surface area contributed by atoms with E-state index in [-0.39, 0.29) is 0 Å².